The lowest BCUT2D eigenvalue weighted by Crippen LogP contribution is -2.57. The first-order chi connectivity index (χ1) is 20.1. The van der Waals surface area contributed by atoms with E-state index in [2.05, 4.69) is 5.32 Å². The smallest absolute Gasteiger partial charge is 0.334 e. The number of rotatable bonds is 10. The zero-order valence-electron chi connectivity index (χ0n) is 23.2. The van der Waals surface area contributed by atoms with Crippen LogP contribution in [0.2, 0.25) is 5.02 Å². The number of carboxylic acids is 1. The summed E-state index contributed by atoms with van der Waals surface area (Å²) in [7, 11) is 0. The molecular weight excluding hydrogens is 558 g/mol. The second kappa shape index (κ2) is 13.5. The molecule has 3 aromatic rings. The maximum atomic E-state index is 14.1. The predicted octanol–water partition coefficient (Wildman–Crippen LogP) is 3.82. The maximum absolute atomic E-state index is 14.1. The molecule has 1 heterocycles. The number of nitrogens with zero attached hydrogens (tertiary/aromatic N) is 2. The number of carbonyl (C=O) groups is 4. The minimum atomic E-state index is -1.87. The fourth-order valence-electron chi connectivity index (χ4n) is 4.89. The van der Waals surface area contributed by atoms with Gasteiger partial charge in [-0.1, -0.05) is 86.1 Å². The SMILES string of the molecule is CC(C)C1C(=O)N(CC(=O)N[C@@H](Cc2ccccc2)C(O)C(=O)O)C(c2ccccc2)=CN1C(=O)c1ccc(Cl)cc1. The van der Waals surface area contributed by atoms with Crippen LogP contribution in [0.4, 0.5) is 0 Å². The average molecular weight is 590 g/mol. The third kappa shape index (κ3) is 7.05. The Labute approximate surface area is 249 Å². The number of hydrogen-bond acceptors (Lipinski definition) is 5. The van der Waals surface area contributed by atoms with E-state index in [-0.39, 0.29) is 12.3 Å². The molecule has 0 bridgehead atoms. The van der Waals surface area contributed by atoms with E-state index in [1.807, 2.05) is 13.8 Å². The summed E-state index contributed by atoms with van der Waals surface area (Å²) >= 11 is 6.01. The molecule has 0 saturated heterocycles. The van der Waals surface area contributed by atoms with Gasteiger partial charge in [-0.2, -0.15) is 0 Å². The fourth-order valence-corrected chi connectivity index (χ4v) is 5.02. The topological polar surface area (TPSA) is 127 Å². The van der Waals surface area contributed by atoms with Crippen LogP contribution in [0.15, 0.2) is 91.1 Å². The average Bonchev–Trinajstić information content (AvgIpc) is 2.98. The van der Waals surface area contributed by atoms with Crippen molar-refractivity contribution in [2.75, 3.05) is 6.54 Å². The number of carboxylic acid groups (broad SMARTS) is 1. The third-order valence-electron chi connectivity index (χ3n) is 6.98. The standard InChI is InChI=1S/C32H32ClN3O6/c1-20(2)28-31(40)35(19-27(37)34-25(29(38)32(41)42)17-21-9-5-3-6-10-21)26(22-11-7-4-8-12-22)18-36(28)30(39)23-13-15-24(33)16-14-23/h3-16,18,20,25,28-29,38H,17,19H2,1-2H3,(H,34,37)(H,41,42)/t25-,28?,29?/m0/s1. The lowest BCUT2D eigenvalue weighted by Gasteiger charge is -2.41. The van der Waals surface area contributed by atoms with E-state index in [1.165, 1.54) is 9.80 Å². The fraction of sp³-hybridized carbons (Fsp3) is 0.250. The van der Waals surface area contributed by atoms with Crippen molar-refractivity contribution >= 4 is 41.0 Å². The second-order valence-electron chi connectivity index (χ2n) is 10.4. The largest absolute Gasteiger partial charge is 0.479 e. The summed E-state index contributed by atoms with van der Waals surface area (Å²) in [5, 5.41) is 22.9. The first-order valence-electron chi connectivity index (χ1n) is 13.5. The molecule has 1 aliphatic rings. The summed E-state index contributed by atoms with van der Waals surface area (Å²) in [6.07, 6.45) is -0.238. The number of amides is 3. The van der Waals surface area contributed by atoms with Gasteiger partial charge in [-0.25, -0.2) is 4.79 Å². The van der Waals surface area contributed by atoms with E-state index in [0.29, 0.717) is 21.8 Å². The van der Waals surface area contributed by atoms with Crippen molar-refractivity contribution in [3.8, 4) is 0 Å². The van der Waals surface area contributed by atoms with Gasteiger partial charge in [0.25, 0.3) is 11.8 Å². The van der Waals surface area contributed by atoms with Gasteiger partial charge in [-0.15, -0.1) is 0 Å². The number of aliphatic carboxylic acids is 1. The van der Waals surface area contributed by atoms with Crippen LogP contribution in [-0.2, 0) is 20.8 Å². The molecular formula is C32H32ClN3O6. The van der Waals surface area contributed by atoms with Gasteiger partial charge in [-0.05, 0) is 47.7 Å². The Bertz CT molecular complexity index is 1460. The van der Waals surface area contributed by atoms with E-state index >= 15 is 0 Å². The molecule has 3 aromatic carbocycles. The summed E-state index contributed by atoms with van der Waals surface area (Å²) in [6, 6.07) is 22.1. The molecule has 2 unspecified atom stereocenters. The van der Waals surface area contributed by atoms with Gasteiger partial charge in [0, 0.05) is 16.8 Å². The van der Waals surface area contributed by atoms with Gasteiger partial charge in [0.15, 0.2) is 6.10 Å². The summed E-state index contributed by atoms with van der Waals surface area (Å²) in [5.41, 5.74) is 1.99. The lowest BCUT2D eigenvalue weighted by atomic mass is 9.96. The van der Waals surface area contributed by atoms with Crippen molar-refractivity contribution < 1.29 is 29.4 Å². The molecule has 3 N–H and O–H groups in total. The van der Waals surface area contributed by atoms with Crippen LogP contribution in [0, 0.1) is 5.92 Å². The molecule has 0 radical (unpaired) electrons. The lowest BCUT2D eigenvalue weighted by molar-refractivity contribution is -0.149. The van der Waals surface area contributed by atoms with Crippen LogP contribution in [0.5, 0.6) is 0 Å². The Morgan fingerprint density at radius 2 is 1.52 bits per heavy atom. The van der Waals surface area contributed by atoms with Gasteiger partial charge in [0.05, 0.1) is 11.7 Å². The Kier molecular flexibility index (Phi) is 9.77. The van der Waals surface area contributed by atoms with Gasteiger partial charge in [0.1, 0.15) is 12.6 Å². The van der Waals surface area contributed by atoms with E-state index in [9.17, 15) is 29.4 Å². The van der Waals surface area contributed by atoms with Crippen molar-refractivity contribution in [1.82, 2.24) is 15.1 Å². The molecule has 218 valence electrons. The van der Waals surface area contributed by atoms with Gasteiger partial charge < -0.3 is 20.4 Å². The molecule has 3 atom stereocenters. The predicted molar refractivity (Wildman–Crippen MR) is 158 cm³/mol. The van der Waals surface area contributed by atoms with Crippen molar-refractivity contribution in [2.45, 2.75) is 38.5 Å². The molecule has 0 spiro atoms. The van der Waals surface area contributed by atoms with Crippen molar-refractivity contribution in [2.24, 2.45) is 5.92 Å². The summed E-state index contributed by atoms with van der Waals surface area (Å²) in [4.78, 5) is 55.4. The van der Waals surface area contributed by atoms with Gasteiger partial charge in [-0.3, -0.25) is 19.3 Å². The highest BCUT2D eigenvalue weighted by atomic mass is 35.5. The molecule has 0 aromatic heterocycles. The Hall–Kier alpha value is -4.47. The minimum Gasteiger partial charge on any atom is -0.479 e. The molecule has 1 aliphatic heterocycles. The van der Waals surface area contributed by atoms with Crippen LogP contribution in [0.1, 0.15) is 35.3 Å². The number of carbonyl (C=O) groups excluding carboxylic acids is 3. The van der Waals surface area contributed by atoms with Crippen molar-refractivity contribution in [3.05, 3.63) is 113 Å². The molecule has 42 heavy (non-hydrogen) atoms. The van der Waals surface area contributed by atoms with Gasteiger partial charge in [0.2, 0.25) is 5.91 Å². The van der Waals surface area contributed by atoms with Gasteiger partial charge >= 0.3 is 5.97 Å². The van der Waals surface area contributed by atoms with Crippen LogP contribution in [0.25, 0.3) is 5.70 Å². The molecule has 3 amide bonds. The molecule has 10 heteroatoms. The minimum absolute atomic E-state index is 0.0629. The van der Waals surface area contributed by atoms with Crippen LogP contribution >= 0.6 is 11.6 Å². The number of aliphatic hydroxyl groups excluding tert-OH is 1. The van der Waals surface area contributed by atoms with Crippen molar-refractivity contribution in [3.63, 3.8) is 0 Å². The highest BCUT2D eigenvalue weighted by Crippen LogP contribution is 2.31. The second-order valence-corrected chi connectivity index (χ2v) is 10.8. The quantitative estimate of drug-likeness (QED) is 0.330. The Morgan fingerprint density at radius 1 is 0.929 bits per heavy atom. The first-order valence-corrected chi connectivity index (χ1v) is 13.9. The van der Waals surface area contributed by atoms with E-state index in [1.54, 1.807) is 91.1 Å². The van der Waals surface area contributed by atoms with Crippen molar-refractivity contribution in [1.29, 1.82) is 0 Å². The summed E-state index contributed by atoms with van der Waals surface area (Å²) in [5.74, 6) is -3.32. The van der Waals surface area contributed by atoms with Crippen LogP contribution in [-0.4, -0.2) is 68.4 Å². The number of halogens is 1. The summed E-state index contributed by atoms with van der Waals surface area (Å²) in [6.45, 7) is 3.16. The summed E-state index contributed by atoms with van der Waals surface area (Å²) < 4.78 is 0. The first kappa shape index (κ1) is 30.5. The number of benzene rings is 3. The van der Waals surface area contributed by atoms with E-state index < -0.39 is 48.4 Å². The Balaban J connectivity index is 1.68. The molecule has 0 saturated carbocycles. The zero-order valence-corrected chi connectivity index (χ0v) is 23.9. The molecule has 0 fully saturated rings. The molecule has 9 nitrogen and oxygen atoms in total. The molecule has 4 rings (SSSR count). The Morgan fingerprint density at radius 3 is 2.10 bits per heavy atom. The normalized spacial score (nSPS) is 16.5. The molecule has 0 aliphatic carbocycles. The van der Waals surface area contributed by atoms with E-state index in [4.69, 9.17) is 11.6 Å². The van der Waals surface area contributed by atoms with Crippen LogP contribution in [0.3, 0.4) is 0 Å². The highest BCUT2D eigenvalue weighted by molar-refractivity contribution is 6.30. The number of aliphatic hydroxyl groups is 1. The van der Waals surface area contributed by atoms with Crippen LogP contribution < -0.4 is 5.32 Å². The monoisotopic (exact) mass is 589 g/mol. The third-order valence-corrected chi connectivity index (χ3v) is 7.23. The van der Waals surface area contributed by atoms with E-state index in [0.717, 1.165) is 5.56 Å². The zero-order chi connectivity index (χ0) is 30.4. The number of hydrogen-bond donors (Lipinski definition) is 3. The maximum Gasteiger partial charge on any atom is 0.334 e. The number of nitrogens with one attached hydrogen (secondary N) is 1. The highest BCUT2D eigenvalue weighted by Gasteiger charge is 2.41.